The van der Waals surface area contributed by atoms with Crippen molar-refractivity contribution in [1.82, 2.24) is 9.80 Å². The Morgan fingerprint density at radius 2 is 2.12 bits per heavy atom. The minimum atomic E-state index is -0.185. The van der Waals surface area contributed by atoms with Gasteiger partial charge in [-0.25, -0.2) is 0 Å². The Morgan fingerprint density at radius 3 is 2.82 bits per heavy atom. The number of hydrogen-bond donors (Lipinski definition) is 0. The van der Waals surface area contributed by atoms with Gasteiger partial charge in [-0.2, -0.15) is 0 Å². The van der Waals surface area contributed by atoms with E-state index in [1.165, 1.54) is 5.57 Å². The van der Waals surface area contributed by atoms with Crippen molar-refractivity contribution >= 4 is 11.8 Å². The first-order chi connectivity index (χ1) is 8.09. The predicted octanol–water partition coefficient (Wildman–Crippen LogP) is 1.18. The summed E-state index contributed by atoms with van der Waals surface area (Å²) in [6.07, 6.45) is 4.92. The summed E-state index contributed by atoms with van der Waals surface area (Å²) in [5, 5.41) is 0. The van der Waals surface area contributed by atoms with Crippen LogP contribution >= 0.6 is 0 Å². The molecule has 2 fully saturated rings. The number of fused-ring (bicyclic) bond motifs is 1. The Labute approximate surface area is 102 Å². The van der Waals surface area contributed by atoms with Crippen molar-refractivity contribution in [2.75, 3.05) is 19.6 Å². The van der Waals surface area contributed by atoms with E-state index < -0.39 is 0 Å². The third-order valence-corrected chi connectivity index (χ3v) is 3.47. The average molecular weight is 236 g/mol. The van der Waals surface area contributed by atoms with Gasteiger partial charge in [0.15, 0.2) is 0 Å². The van der Waals surface area contributed by atoms with Crippen molar-refractivity contribution in [2.24, 2.45) is 0 Å². The topological polar surface area (TPSA) is 40.6 Å². The zero-order valence-electron chi connectivity index (χ0n) is 10.6. The molecule has 2 heterocycles. The standard InChI is InChI=1S/C13H20N2O2/c1-10(2)6-8-14-9-12(16)15-7-4-3-5-11(15)13(14)17/h6,11H,3-5,7-9H2,1-2H3. The van der Waals surface area contributed by atoms with Gasteiger partial charge in [-0.3, -0.25) is 9.59 Å². The van der Waals surface area contributed by atoms with Gasteiger partial charge in [0, 0.05) is 13.1 Å². The molecule has 2 amide bonds. The van der Waals surface area contributed by atoms with Crippen LogP contribution in [0.2, 0.25) is 0 Å². The van der Waals surface area contributed by atoms with Crippen LogP contribution < -0.4 is 0 Å². The molecule has 0 spiro atoms. The van der Waals surface area contributed by atoms with Gasteiger partial charge in [-0.05, 0) is 33.1 Å². The van der Waals surface area contributed by atoms with Gasteiger partial charge in [0.1, 0.15) is 12.6 Å². The van der Waals surface area contributed by atoms with E-state index in [1.54, 1.807) is 9.80 Å². The van der Waals surface area contributed by atoms with Gasteiger partial charge in [0.05, 0.1) is 0 Å². The molecule has 0 radical (unpaired) electrons. The fourth-order valence-corrected chi connectivity index (χ4v) is 2.48. The van der Waals surface area contributed by atoms with Crippen molar-refractivity contribution in [3.05, 3.63) is 11.6 Å². The summed E-state index contributed by atoms with van der Waals surface area (Å²) < 4.78 is 0. The monoisotopic (exact) mass is 236 g/mol. The molecule has 0 aromatic carbocycles. The van der Waals surface area contributed by atoms with E-state index in [4.69, 9.17) is 0 Å². The van der Waals surface area contributed by atoms with Crippen LogP contribution in [0.3, 0.4) is 0 Å². The first kappa shape index (κ1) is 12.1. The maximum Gasteiger partial charge on any atom is 0.246 e. The maximum absolute atomic E-state index is 12.2. The molecule has 0 aliphatic carbocycles. The first-order valence-electron chi connectivity index (χ1n) is 6.31. The molecule has 0 saturated carbocycles. The van der Waals surface area contributed by atoms with Gasteiger partial charge < -0.3 is 9.80 Å². The molecule has 0 aromatic heterocycles. The van der Waals surface area contributed by atoms with Crippen LogP contribution in [0.1, 0.15) is 33.1 Å². The van der Waals surface area contributed by atoms with Crippen molar-refractivity contribution in [1.29, 1.82) is 0 Å². The summed E-state index contributed by atoms with van der Waals surface area (Å²) in [5.74, 6) is 0.234. The van der Waals surface area contributed by atoms with Crippen LogP contribution in [-0.2, 0) is 9.59 Å². The Kier molecular flexibility index (Phi) is 3.50. The number of rotatable bonds is 2. The molecule has 0 bridgehead atoms. The number of allylic oxidation sites excluding steroid dienone is 1. The molecule has 2 saturated heterocycles. The lowest BCUT2D eigenvalue weighted by Crippen LogP contribution is -2.61. The molecule has 4 nitrogen and oxygen atoms in total. The molecular formula is C13H20N2O2. The number of amides is 2. The summed E-state index contributed by atoms with van der Waals surface area (Å²) in [4.78, 5) is 27.6. The van der Waals surface area contributed by atoms with Crippen LogP contribution in [0.25, 0.3) is 0 Å². The molecule has 0 N–H and O–H groups in total. The zero-order valence-corrected chi connectivity index (χ0v) is 10.6. The number of piperazine rings is 1. The van der Waals surface area contributed by atoms with Gasteiger partial charge in [-0.1, -0.05) is 11.6 Å². The highest BCUT2D eigenvalue weighted by Gasteiger charge is 2.39. The van der Waals surface area contributed by atoms with Crippen molar-refractivity contribution in [2.45, 2.75) is 39.2 Å². The number of carbonyl (C=O) groups excluding carboxylic acids is 2. The van der Waals surface area contributed by atoms with E-state index in [0.717, 1.165) is 25.8 Å². The summed E-state index contributed by atoms with van der Waals surface area (Å²) >= 11 is 0. The molecular weight excluding hydrogens is 216 g/mol. The maximum atomic E-state index is 12.2. The Morgan fingerprint density at radius 1 is 1.35 bits per heavy atom. The number of nitrogens with zero attached hydrogens (tertiary/aromatic N) is 2. The number of carbonyl (C=O) groups is 2. The first-order valence-corrected chi connectivity index (χ1v) is 6.31. The van der Waals surface area contributed by atoms with Gasteiger partial charge in [-0.15, -0.1) is 0 Å². The Hall–Kier alpha value is -1.32. The fourth-order valence-electron chi connectivity index (χ4n) is 2.48. The highest BCUT2D eigenvalue weighted by atomic mass is 16.2. The Bertz CT molecular complexity index is 358. The minimum Gasteiger partial charge on any atom is -0.329 e. The summed E-state index contributed by atoms with van der Waals surface area (Å²) in [7, 11) is 0. The second kappa shape index (κ2) is 4.90. The van der Waals surface area contributed by atoms with E-state index >= 15 is 0 Å². The van der Waals surface area contributed by atoms with E-state index in [2.05, 4.69) is 0 Å². The molecule has 1 atom stereocenters. The molecule has 1 unspecified atom stereocenters. The summed E-state index contributed by atoms with van der Waals surface area (Å²) in [6, 6.07) is -0.185. The predicted molar refractivity (Wildman–Crippen MR) is 65.4 cm³/mol. The lowest BCUT2D eigenvalue weighted by atomic mass is 9.98. The molecule has 2 rings (SSSR count). The van der Waals surface area contributed by atoms with Crippen LogP contribution in [-0.4, -0.2) is 47.3 Å². The molecule has 4 heteroatoms. The number of hydrogen-bond acceptors (Lipinski definition) is 2. The van der Waals surface area contributed by atoms with E-state index in [0.29, 0.717) is 6.54 Å². The smallest absolute Gasteiger partial charge is 0.246 e. The second-order valence-electron chi connectivity index (χ2n) is 5.10. The van der Waals surface area contributed by atoms with Crippen LogP contribution in [0.4, 0.5) is 0 Å². The van der Waals surface area contributed by atoms with Crippen molar-refractivity contribution in [3.63, 3.8) is 0 Å². The SMILES string of the molecule is CC(C)=CCN1CC(=O)N2CCCCC2C1=O. The molecule has 2 aliphatic heterocycles. The van der Waals surface area contributed by atoms with E-state index in [9.17, 15) is 9.59 Å². The van der Waals surface area contributed by atoms with Gasteiger partial charge in [0.2, 0.25) is 11.8 Å². The molecule has 17 heavy (non-hydrogen) atoms. The quantitative estimate of drug-likeness (QED) is 0.675. The minimum absolute atomic E-state index is 0.108. The van der Waals surface area contributed by atoms with Crippen LogP contribution in [0, 0.1) is 0 Å². The van der Waals surface area contributed by atoms with Crippen LogP contribution in [0.15, 0.2) is 11.6 Å². The van der Waals surface area contributed by atoms with E-state index in [-0.39, 0.29) is 24.4 Å². The highest BCUT2D eigenvalue weighted by molar-refractivity contribution is 5.95. The van der Waals surface area contributed by atoms with Gasteiger partial charge >= 0.3 is 0 Å². The second-order valence-corrected chi connectivity index (χ2v) is 5.10. The van der Waals surface area contributed by atoms with Crippen LogP contribution in [0.5, 0.6) is 0 Å². The third kappa shape index (κ3) is 2.51. The highest BCUT2D eigenvalue weighted by Crippen LogP contribution is 2.22. The summed E-state index contributed by atoms with van der Waals surface area (Å²) in [5.41, 5.74) is 1.18. The van der Waals surface area contributed by atoms with Crippen molar-refractivity contribution < 1.29 is 9.59 Å². The lowest BCUT2D eigenvalue weighted by molar-refractivity contribution is -0.157. The number of piperidine rings is 1. The normalized spacial score (nSPS) is 24.7. The molecule has 2 aliphatic rings. The summed E-state index contributed by atoms with van der Waals surface area (Å²) in [6.45, 7) is 5.58. The lowest BCUT2D eigenvalue weighted by Gasteiger charge is -2.42. The zero-order chi connectivity index (χ0) is 12.4. The van der Waals surface area contributed by atoms with Crippen molar-refractivity contribution in [3.8, 4) is 0 Å². The largest absolute Gasteiger partial charge is 0.329 e. The van der Waals surface area contributed by atoms with Gasteiger partial charge in [0.25, 0.3) is 0 Å². The van der Waals surface area contributed by atoms with E-state index in [1.807, 2.05) is 19.9 Å². The molecule has 0 aromatic rings. The fraction of sp³-hybridized carbons (Fsp3) is 0.692. The average Bonchev–Trinajstić information content (AvgIpc) is 2.32. The Balaban J connectivity index is 2.08. The molecule has 94 valence electrons. The third-order valence-electron chi connectivity index (χ3n) is 3.47.